The molecule has 0 heterocycles. The van der Waals surface area contributed by atoms with E-state index >= 15 is 0 Å². The van der Waals surface area contributed by atoms with Gasteiger partial charge < -0.3 is 0 Å². The maximum atomic E-state index is 2.46. The number of hydrogen-bond acceptors (Lipinski definition) is 0. The minimum atomic E-state index is 0.792. The zero-order valence-electron chi connectivity index (χ0n) is 8.82. The Balaban J connectivity index is 2.15. The Morgan fingerprint density at radius 3 is 1.83 bits per heavy atom. The molecule has 0 nitrogen and oxygen atoms in total. The third-order valence-corrected chi connectivity index (χ3v) is 5.13. The summed E-state index contributed by atoms with van der Waals surface area (Å²) in [6.45, 7) is 7.26. The van der Waals surface area contributed by atoms with Crippen LogP contribution in [-0.2, 0) is 0 Å². The first-order valence-electron chi connectivity index (χ1n) is 5.71. The highest BCUT2D eigenvalue weighted by atomic mass is 14.7. The largest absolute Gasteiger partial charge is 0.0648 e. The molecule has 0 amide bonds. The summed E-state index contributed by atoms with van der Waals surface area (Å²) in [5.74, 6) is 1.03. The van der Waals surface area contributed by atoms with Crippen molar-refractivity contribution in [2.75, 3.05) is 0 Å². The molecule has 0 aromatic heterocycles. The van der Waals surface area contributed by atoms with Gasteiger partial charge in [-0.3, -0.25) is 0 Å². The van der Waals surface area contributed by atoms with Gasteiger partial charge >= 0.3 is 0 Å². The second-order valence-electron chi connectivity index (χ2n) is 5.10. The van der Waals surface area contributed by atoms with Crippen molar-refractivity contribution in [3.63, 3.8) is 0 Å². The summed E-state index contributed by atoms with van der Waals surface area (Å²) in [6.07, 6.45) is 8.95. The van der Waals surface area contributed by atoms with E-state index in [1.807, 2.05) is 0 Å². The Morgan fingerprint density at radius 2 is 1.75 bits per heavy atom. The first-order chi connectivity index (χ1) is 5.71. The van der Waals surface area contributed by atoms with Crippen LogP contribution in [0.3, 0.4) is 0 Å². The van der Waals surface area contributed by atoms with Crippen LogP contribution in [-0.4, -0.2) is 0 Å². The quantitative estimate of drug-likeness (QED) is 0.594. The molecule has 0 saturated heterocycles. The average molecular weight is 166 g/mol. The zero-order chi connectivity index (χ0) is 8.82. The van der Waals surface area contributed by atoms with Gasteiger partial charge in [-0.1, -0.05) is 27.2 Å². The Bertz CT molecular complexity index is 159. The van der Waals surface area contributed by atoms with Crippen LogP contribution in [0, 0.1) is 16.7 Å². The van der Waals surface area contributed by atoms with Crippen LogP contribution in [0.4, 0.5) is 0 Å². The van der Waals surface area contributed by atoms with Gasteiger partial charge in [-0.25, -0.2) is 0 Å². The lowest BCUT2D eigenvalue weighted by molar-refractivity contribution is 0.0134. The van der Waals surface area contributed by atoms with E-state index in [-0.39, 0.29) is 0 Å². The molecule has 2 unspecified atom stereocenters. The molecule has 0 heteroatoms. The van der Waals surface area contributed by atoms with Crippen LogP contribution < -0.4 is 0 Å². The normalized spacial score (nSPS) is 43.8. The van der Waals surface area contributed by atoms with Crippen molar-refractivity contribution in [3.8, 4) is 0 Å². The summed E-state index contributed by atoms with van der Waals surface area (Å²) in [5, 5.41) is 0. The minimum absolute atomic E-state index is 0.792. The maximum absolute atomic E-state index is 2.46. The van der Waals surface area contributed by atoms with E-state index in [4.69, 9.17) is 0 Å². The first-order valence-corrected chi connectivity index (χ1v) is 5.71. The molecule has 2 aliphatic carbocycles. The summed E-state index contributed by atoms with van der Waals surface area (Å²) >= 11 is 0. The smallest absolute Gasteiger partial charge is 0.0215 e. The van der Waals surface area contributed by atoms with Gasteiger partial charge in [-0.05, 0) is 48.9 Å². The number of rotatable bonds is 3. The van der Waals surface area contributed by atoms with Crippen molar-refractivity contribution in [3.05, 3.63) is 0 Å². The van der Waals surface area contributed by atoms with Crippen molar-refractivity contribution >= 4 is 0 Å². The molecule has 0 aromatic carbocycles. The predicted molar refractivity (Wildman–Crippen MR) is 53.1 cm³/mol. The average Bonchev–Trinajstić information content (AvgIpc) is 2.62. The van der Waals surface area contributed by atoms with Crippen molar-refractivity contribution in [1.82, 2.24) is 0 Å². The summed E-state index contributed by atoms with van der Waals surface area (Å²) in [6, 6.07) is 0. The highest BCUT2D eigenvalue weighted by Gasteiger charge is 2.63. The SMILES string of the molecule is CCC1(C2(CC)CC2C)CCC1. The van der Waals surface area contributed by atoms with E-state index in [9.17, 15) is 0 Å². The highest BCUT2D eigenvalue weighted by Crippen LogP contribution is 2.72. The molecule has 2 aliphatic rings. The van der Waals surface area contributed by atoms with Crippen LogP contribution >= 0.6 is 0 Å². The molecule has 0 radical (unpaired) electrons. The standard InChI is InChI=1S/C12H22/c1-4-11(7-6-8-11)12(5-2)9-10(12)3/h10H,4-9H2,1-3H3. The fraction of sp³-hybridized carbons (Fsp3) is 1.00. The summed E-state index contributed by atoms with van der Waals surface area (Å²) < 4.78 is 0. The lowest BCUT2D eigenvalue weighted by atomic mass is 9.56. The zero-order valence-corrected chi connectivity index (χ0v) is 8.82. The van der Waals surface area contributed by atoms with E-state index in [0.29, 0.717) is 0 Å². The van der Waals surface area contributed by atoms with Crippen molar-refractivity contribution in [2.24, 2.45) is 16.7 Å². The highest BCUT2D eigenvalue weighted by molar-refractivity contribution is 5.13. The fourth-order valence-electron chi connectivity index (χ4n) is 3.90. The van der Waals surface area contributed by atoms with E-state index in [1.54, 1.807) is 0 Å². The van der Waals surface area contributed by atoms with E-state index in [2.05, 4.69) is 20.8 Å². The molecule has 2 saturated carbocycles. The van der Waals surface area contributed by atoms with Gasteiger partial charge in [-0.2, -0.15) is 0 Å². The molecule has 0 bridgehead atoms. The third-order valence-electron chi connectivity index (χ3n) is 5.13. The summed E-state index contributed by atoms with van der Waals surface area (Å²) in [5.41, 5.74) is 1.58. The molecule has 70 valence electrons. The summed E-state index contributed by atoms with van der Waals surface area (Å²) in [4.78, 5) is 0. The fourth-order valence-corrected chi connectivity index (χ4v) is 3.90. The van der Waals surface area contributed by atoms with Crippen LogP contribution in [0.2, 0.25) is 0 Å². The maximum Gasteiger partial charge on any atom is -0.0215 e. The molecule has 2 rings (SSSR count). The van der Waals surface area contributed by atoms with Gasteiger partial charge in [-0.15, -0.1) is 0 Å². The monoisotopic (exact) mass is 166 g/mol. The first kappa shape index (κ1) is 8.59. The summed E-state index contributed by atoms with van der Waals surface area (Å²) in [7, 11) is 0. The topological polar surface area (TPSA) is 0 Å². The Hall–Kier alpha value is 0. The minimum Gasteiger partial charge on any atom is -0.0648 e. The Kier molecular flexibility index (Phi) is 1.79. The Morgan fingerprint density at radius 1 is 1.17 bits per heavy atom. The van der Waals surface area contributed by atoms with E-state index < -0.39 is 0 Å². The second-order valence-corrected chi connectivity index (χ2v) is 5.10. The van der Waals surface area contributed by atoms with Crippen LogP contribution in [0.5, 0.6) is 0 Å². The molecule has 0 aliphatic heterocycles. The molecule has 0 N–H and O–H groups in total. The van der Waals surface area contributed by atoms with E-state index in [1.165, 1.54) is 38.5 Å². The van der Waals surface area contributed by atoms with Crippen molar-refractivity contribution < 1.29 is 0 Å². The molecule has 2 atom stereocenters. The lowest BCUT2D eigenvalue weighted by Gasteiger charge is -2.49. The second kappa shape index (κ2) is 2.49. The Labute approximate surface area is 76.7 Å². The van der Waals surface area contributed by atoms with Crippen molar-refractivity contribution in [1.29, 1.82) is 0 Å². The van der Waals surface area contributed by atoms with E-state index in [0.717, 1.165) is 16.7 Å². The van der Waals surface area contributed by atoms with Gasteiger partial charge in [0.25, 0.3) is 0 Å². The van der Waals surface area contributed by atoms with Gasteiger partial charge in [0.15, 0.2) is 0 Å². The number of hydrogen-bond donors (Lipinski definition) is 0. The van der Waals surface area contributed by atoms with Crippen molar-refractivity contribution in [2.45, 2.75) is 59.3 Å². The lowest BCUT2D eigenvalue weighted by Crippen LogP contribution is -2.39. The molecule has 2 fully saturated rings. The molecular formula is C12H22. The molecule has 12 heavy (non-hydrogen) atoms. The van der Waals surface area contributed by atoms with Gasteiger partial charge in [0.2, 0.25) is 0 Å². The van der Waals surface area contributed by atoms with Crippen LogP contribution in [0.1, 0.15) is 59.3 Å². The van der Waals surface area contributed by atoms with Gasteiger partial charge in [0.1, 0.15) is 0 Å². The predicted octanol–water partition coefficient (Wildman–Crippen LogP) is 4.00. The van der Waals surface area contributed by atoms with Gasteiger partial charge in [0, 0.05) is 0 Å². The third kappa shape index (κ3) is 0.791. The molecular weight excluding hydrogens is 144 g/mol. The van der Waals surface area contributed by atoms with Crippen LogP contribution in [0.15, 0.2) is 0 Å². The van der Waals surface area contributed by atoms with Gasteiger partial charge in [0.05, 0.1) is 0 Å². The van der Waals surface area contributed by atoms with Crippen LogP contribution in [0.25, 0.3) is 0 Å². The molecule has 0 spiro atoms. The molecule has 0 aromatic rings.